The van der Waals surface area contributed by atoms with E-state index in [0.717, 1.165) is 35.1 Å². The Labute approximate surface area is 120 Å². The van der Waals surface area contributed by atoms with Crippen molar-refractivity contribution in [3.8, 4) is 0 Å². The molecule has 0 saturated heterocycles. The van der Waals surface area contributed by atoms with Crippen LogP contribution in [-0.2, 0) is 4.79 Å². The fourth-order valence-electron chi connectivity index (χ4n) is 2.26. The molecule has 4 nitrogen and oxygen atoms in total. The number of nitrogens with one attached hydrogen (secondary N) is 2. The number of hydrogen-bond acceptors (Lipinski definition) is 2. The second-order valence-electron chi connectivity index (χ2n) is 6.50. The molecule has 0 saturated carbocycles. The lowest BCUT2D eigenvalue weighted by Gasteiger charge is -2.17. The lowest BCUT2D eigenvalue weighted by atomic mass is 9.90. The molecule has 0 aliphatic carbocycles. The third-order valence-electron chi connectivity index (χ3n) is 3.46. The van der Waals surface area contributed by atoms with Gasteiger partial charge in [-0.25, -0.2) is 4.98 Å². The van der Waals surface area contributed by atoms with Gasteiger partial charge in [0, 0.05) is 18.0 Å². The first-order chi connectivity index (χ1) is 9.37. The van der Waals surface area contributed by atoms with Gasteiger partial charge in [-0.1, -0.05) is 20.8 Å². The summed E-state index contributed by atoms with van der Waals surface area (Å²) in [6.45, 7) is 8.58. The summed E-state index contributed by atoms with van der Waals surface area (Å²) >= 11 is 0. The van der Waals surface area contributed by atoms with E-state index >= 15 is 0 Å². The second kappa shape index (κ2) is 5.65. The fourth-order valence-corrected chi connectivity index (χ4v) is 2.26. The average Bonchev–Trinajstić information content (AvgIpc) is 2.80. The number of pyridine rings is 1. The van der Waals surface area contributed by atoms with Gasteiger partial charge in [0.05, 0.1) is 11.9 Å². The number of aromatic nitrogens is 2. The van der Waals surface area contributed by atoms with E-state index in [0.29, 0.717) is 6.42 Å². The Kier molecular flexibility index (Phi) is 4.12. The monoisotopic (exact) mass is 273 g/mol. The van der Waals surface area contributed by atoms with Crippen LogP contribution in [0.3, 0.4) is 0 Å². The first-order valence-corrected chi connectivity index (χ1v) is 7.09. The molecule has 0 unspecified atom stereocenters. The number of hydrogen-bond donors (Lipinski definition) is 2. The fraction of sp³-hybridized carbons (Fsp3) is 0.500. The molecule has 4 heteroatoms. The molecule has 0 radical (unpaired) electrons. The maximum atomic E-state index is 12.0. The number of aromatic amines is 1. The van der Waals surface area contributed by atoms with Crippen LogP contribution in [0.25, 0.3) is 11.0 Å². The minimum absolute atomic E-state index is 0.0639. The summed E-state index contributed by atoms with van der Waals surface area (Å²) in [5.74, 6) is 0.0639. The molecule has 0 spiro atoms. The van der Waals surface area contributed by atoms with Crippen molar-refractivity contribution in [1.29, 1.82) is 0 Å². The van der Waals surface area contributed by atoms with Gasteiger partial charge in [-0.2, -0.15) is 0 Å². The van der Waals surface area contributed by atoms with Crippen molar-refractivity contribution in [1.82, 2.24) is 9.97 Å². The van der Waals surface area contributed by atoms with Crippen LogP contribution in [0.4, 0.5) is 5.69 Å². The Morgan fingerprint density at radius 3 is 2.85 bits per heavy atom. The Balaban J connectivity index is 1.97. The maximum Gasteiger partial charge on any atom is 0.224 e. The third-order valence-corrected chi connectivity index (χ3v) is 3.46. The zero-order valence-corrected chi connectivity index (χ0v) is 12.7. The summed E-state index contributed by atoms with van der Waals surface area (Å²) in [6.07, 6.45) is 6.10. The summed E-state index contributed by atoms with van der Waals surface area (Å²) in [7, 11) is 0. The number of nitrogens with zero attached hydrogens (tertiary/aromatic N) is 1. The predicted octanol–water partition coefficient (Wildman–Crippen LogP) is 4.03. The summed E-state index contributed by atoms with van der Waals surface area (Å²) < 4.78 is 0. The van der Waals surface area contributed by atoms with E-state index < -0.39 is 0 Å². The summed E-state index contributed by atoms with van der Waals surface area (Å²) in [5.41, 5.74) is 2.99. The van der Waals surface area contributed by atoms with Crippen LogP contribution >= 0.6 is 0 Å². The van der Waals surface area contributed by atoms with Crippen LogP contribution in [0.2, 0.25) is 0 Å². The van der Waals surface area contributed by atoms with Gasteiger partial charge in [-0.3, -0.25) is 4.79 Å². The molecule has 2 rings (SSSR count). The van der Waals surface area contributed by atoms with Gasteiger partial charge < -0.3 is 10.3 Å². The molecule has 0 atom stereocenters. The normalized spacial score (nSPS) is 11.8. The molecule has 108 valence electrons. The second-order valence-corrected chi connectivity index (χ2v) is 6.50. The SMILES string of the molecule is Cc1c(NC(=O)CCCC(C)(C)C)cnc2[nH]ccc12. The largest absolute Gasteiger partial charge is 0.346 e. The number of fused-ring (bicyclic) bond motifs is 1. The van der Waals surface area contributed by atoms with E-state index in [1.54, 1.807) is 6.20 Å². The van der Waals surface area contributed by atoms with Crippen molar-refractivity contribution in [2.75, 3.05) is 5.32 Å². The number of carbonyl (C=O) groups excluding carboxylic acids is 1. The van der Waals surface area contributed by atoms with Crippen molar-refractivity contribution in [3.63, 3.8) is 0 Å². The smallest absolute Gasteiger partial charge is 0.224 e. The number of amides is 1. The molecule has 0 fully saturated rings. The first kappa shape index (κ1) is 14.6. The van der Waals surface area contributed by atoms with E-state index in [1.807, 2.05) is 19.2 Å². The van der Waals surface area contributed by atoms with Crippen molar-refractivity contribution >= 4 is 22.6 Å². The molecule has 0 aliphatic heterocycles. The number of rotatable bonds is 4. The van der Waals surface area contributed by atoms with Crippen LogP contribution in [0.1, 0.15) is 45.6 Å². The van der Waals surface area contributed by atoms with Crippen LogP contribution in [-0.4, -0.2) is 15.9 Å². The highest BCUT2D eigenvalue weighted by atomic mass is 16.1. The van der Waals surface area contributed by atoms with Gasteiger partial charge in [0.15, 0.2) is 0 Å². The minimum Gasteiger partial charge on any atom is -0.346 e. The van der Waals surface area contributed by atoms with Crippen LogP contribution in [0.15, 0.2) is 18.5 Å². The van der Waals surface area contributed by atoms with Crippen molar-refractivity contribution in [3.05, 3.63) is 24.0 Å². The molecule has 1 amide bonds. The van der Waals surface area contributed by atoms with Gasteiger partial charge in [-0.15, -0.1) is 0 Å². The zero-order valence-electron chi connectivity index (χ0n) is 12.7. The molecule has 2 aromatic heterocycles. The molecule has 0 bridgehead atoms. The Morgan fingerprint density at radius 2 is 2.15 bits per heavy atom. The first-order valence-electron chi connectivity index (χ1n) is 7.09. The Bertz CT molecular complexity index is 608. The summed E-state index contributed by atoms with van der Waals surface area (Å²) in [4.78, 5) is 19.4. The van der Waals surface area contributed by atoms with Crippen LogP contribution < -0.4 is 5.32 Å². The van der Waals surface area contributed by atoms with E-state index in [1.165, 1.54) is 0 Å². The molecular weight excluding hydrogens is 250 g/mol. The van der Waals surface area contributed by atoms with E-state index in [2.05, 4.69) is 36.1 Å². The van der Waals surface area contributed by atoms with E-state index in [4.69, 9.17) is 0 Å². The van der Waals surface area contributed by atoms with Crippen molar-refractivity contribution in [2.45, 2.75) is 47.0 Å². The molecule has 2 N–H and O–H groups in total. The Morgan fingerprint density at radius 1 is 1.40 bits per heavy atom. The quantitative estimate of drug-likeness (QED) is 0.883. The summed E-state index contributed by atoms with van der Waals surface area (Å²) in [5, 5.41) is 4.02. The maximum absolute atomic E-state index is 12.0. The highest BCUT2D eigenvalue weighted by molar-refractivity contribution is 5.94. The Hall–Kier alpha value is -1.84. The number of carbonyl (C=O) groups is 1. The number of H-pyrrole nitrogens is 1. The van der Waals surface area contributed by atoms with E-state index in [9.17, 15) is 4.79 Å². The highest BCUT2D eigenvalue weighted by Gasteiger charge is 2.12. The van der Waals surface area contributed by atoms with Crippen LogP contribution in [0.5, 0.6) is 0 Å². The van der Waals surface area contributed by atoms with Gasteiger partial charge >= 0.3 is 0 Å². The van der Waals surface area contributed by atoms with Crippen molar-refractivity contribution in [2.24, 2.45) is 5.41 Å². The molecule has 2 heterocycles. The summed E-state index contributed by atoms with van der Waals surface area (Å²) in [6, 6.07) is 1.98. The van der Waals surface area contributed by atoms with E-state index in [-0.39, 0.29) is 11.3 Å². The van der Waals surface area contributed by atoms with Gasteiger partial charge in [0.1, 0.15) is 5.65 Å². The van der Waals surface area contributed by atoms with Gasteiger partial charge in [0.25, 0.3) is 0 Å². The molecule has 2 aromatic rings. The average molecular weight is 273 g/mol. The zero-order chi connectivity index (χ0) is 14.8. The lowest BCUT2D eigenvalue weighted by Crippen LogP contribution is -2.14. The third kappa shape index (κ3) is 3.59. The number of aryl methyl sites for hydroxylation is 1. The van der Waals surface area contributed by atoms with Crippen molar-refractivity contribution < 1.29 is 4.79 Å². The highest BCUT2D eigenvalue weighted by Crippen LogP contribution is 2.24. The van der Waals surface area contributed by atoms with Gasteiger partial charge in [0.2, 0.25) is 5.91 Å². The molecule has 0 aliphatic rings. The van der Waals surface area contributed by atoms with Gasteiger partial charge in [-0.05, 0) is 36.8 Å². The molecule has 0 aromatic carbocycles. The lowest BCUT2D eigenvalue weighted by molar-refractivity contribution is -0.116. The number of anilines is 1. The minimum atomic E-state index is 0.0639. The standard InChI is InChI=1S/C16H23N3O/c1-11-12-7-9-17-15(12)18-10-13(11)19-14(20)6-5-8-16(2,3)4/h7,9-10H,5-6,8H2,1-4H3,(H,17,18)(H,19,20). The molecular formula is C16H23N3O. The predicted molar refractivity (Wildman–Crippen MR) is 82.8 cm³/mol. The van der Waals surface area contributed by atoms with Crippen LogP contribution in [0, 0.1) is 12.3 Å². The topological polar surface area (TPSA) is 57.8 Å². The molecule has 20 heavy (non-hydrogen) atoms.